The van der Waals surface area contributed by atoms with Gasteiger partial charge >= 0.3 is 15.8 Å². The Morgan fingerprint density at radius 3 is 2.86 bits per heavy atom. The fraction of sp³-hybridized carbons (Fsp3) is 0.111. The highest BCUT2D eigenvalue weighted by atomic mass is 32.2. The molecule has 0 N–H and O–H groups in total. The van der Waals surface area contributed by atoms with Crippen LogP contribution in [0.5, 0.6) is 5.75 Å². The highest BCUT2D eigenvalue weighted by Gasteiger charge is 2.31. The molecule has 0 amide bonds. The van der Waals surface area contributed by atoms with E-state index in [0.29, 0.717) is 0 Å². The molecule has 0 fully saturated rings. The summed E-state index contributed by atoms with van der Waals surface area (Å²) in [5.41, 5.74) is -1.15. The lowest BCUT2D eigenvalue weighted by Crippen LogP contribution is -2.13. The Morgan fingerprint density at radius 1 is 1.41 bits per heavy atom. The first kappa shape index (κ1) is 14.0. The van der Waals surface area contributed by atoms with Gasteiger partial charge in [-0.15, -0.1) is 5.10 Å². The molecule has 11 nitrogen and oxygen atoms in total. The molecule has 3 aromatic heterocycles. The molecule has 0 aliphatic rings. The number of hydrogen-bond donors (Lipinski definition) is 0. The minimum absolute atomic E-state index is 0.0251. The Balaban J connectivity index is 2.49. The number of aromatic nitrogens is 5. The average molecular weight is 328 g/mol. The summed E-state index contributed by atoms with van der Waals surface area (Å²) < 4.78 is 40.7. The molecule has 0 atom stereocenters. The van der Waals surface area contributed by atoms with Crippen LogP contribution in [0.3, 0.4) is 0 Å². The highest BCUT2D eigenvalue weighted by Crippen LogP contribution is 2.38. The van der Waals surface area contributed by atoms with Crippen LogP contribution < -0.4 is 4.18 Å². The van der Waals surface area contributed by atoms with Crippen molar-refractivity contribution in [1.29, 1.82) is 0 Å². The van der Waals surface area contributed by atoms with Gasteiger partial charge in [0.1, 0.15) is 0 Å². The molecule has 0 bridgehead atoms. The smallest absolute Gasteiger partial charge is 0.359 e. The molecule has 0 aliphatic carbocycles. The van der Waals surface area contributed by atoms with Crippen molar-refractivity contribution in [2.45, 2.75) is 0 Å². The largest absolute Gasteiger partial charge is 0.372 e. The van der Waals surface area contributed by atoms with Crippen LogP contribution in [0.1, 0.15) is 0 Å². The molecular formula is C9H5FN6O5S. The van der Waals surface area contributed by atoms with Crippen molar-refractivity contribution in [1.82, 2.24) is 25.0 Å². The van der Waals surface area contributed by atoms with Crippen molar-refractivity contribution >= 4 is 32.5 Å². The van der Waals surface area contributed by atoms with E-state index in [1.807, 2.05) is 0 Å². The summed E-state index contributed by atoms with van der Waals surface area (Å²) in [5, 5.41) is 21.5. The van der Waals surface area contributed by atoms with Gasteiger partial charge in [-0.25, -0.2) is 9.37 Å². The van der Waals surface area contributed by atoms with E-state index in [1.54, 1.807) is 0 Å². The molecule has 0 saturated heterocycles. The molecule has 0 aromatic carbocycles. The molecule has 0 radical (unpaired) electrons. The van der Waals surface area contributed by atoms with Gasteiger partial charge in [0, 0.05) is 6.20 Å². The Bertz CT molecular complexity index is 1000. The average Bonchev–Trinajstić information content (AvgIpc) is 2.96. The zero-order valence-corrected chi connectivity index (χ0v) is 11.3. The van der Waals surface area contributed by atoms with Crippen molar-refractivity contribution < 1.29 is 21.9 Å². The van der Waals surface area contributed by atoms with Crippen molar-refractivity contribution in [3.8, 4) is 5.75 Å². The van der Waals surface area contributed by atoms with Crippen molar-refractivity contribution in [2.24, 2.45) is 0 Å². The summed E-state index contributed by atoms with van der Waals surface area (Å²) in [6.45, 7) is 0. The quantitative estimate of drug-likeness (QED) is 0.373. The van der Waals surface area contributed by atoms with Crippen molar-refractivity contribution in [3.05, 3.63) is 28.4 Å². The normalized spacial score (nSPS) is 11.9. The fourth-order valence-electron chi connectivity index (χ4n) is 1.85. The van der Waals surface area contributed by atoms with Gasteiger partial charge in [0.05, 0.1) is 10.3 Å². The molecule has 0 spiro atoms. The zero-order valence-electron chi connectivity index (χ0n) is 10.4. The standard InChI is InChI=1S/C9H5FN6O5S/c10-4-22(19,20)21-7-5-2-1-3-11-8(5)15-9(12-13-14-15)6(7)16(17)18/h1-3H,4H2. The second kappa shape index (κ2) is 4.80. The second-order valence-corrected chi connectivity index (χ2v) is 5.47. The lowest BCUT2D eigenvalue weighted by atomic mass is 10.2. The molecule has 3 aromatic rings. The number of nitro groups is 1. The van der Waals surface area contributed by atoms with E-state index in [1.165, 1.54) is 18.3 Å². The summed E-state index contributed by atoms with van der Waals surface area (Å²) in [5.74, 6) is -0.687. The van der Waals surface area contributed by atoms with E-state index in [4.69, 9.17) is 0 Å². The molecule has 3 heterocycles. The van der Waals surface area contributed by atoms with E-state index < -0.39 is 32.5 Å². The highest BCUT2D eigenvalue weighted by molar-refractivity contribution is 7.86. The fourth-order valence-corrected chi connectivity index (χ4v) is 2.31. The van der Waals surface area contributed by atoms with Gasteiger partial charge in [-0.2, -0.15) is 12.9 Å². The van der Waals surface area contributed by atoms with E-state index in [0.717, 1.165) is 4.52 Å². The van der Waals surface area contributed by atoms with Crippen LogP contribution in [0.4, 0.5) is 10.1 Å². The van der Waals surface area contributed by atoms with E-state index >= 15 is 0 Å². The number of alkyl halides is 1. The minimum atomic E-state index is -4.65. The summed E-state index contributed by atoms with van der Waals surface area (Å²) in [6.07, 6.45) is 1.35. The van der Waals surface area contributed by atoms with Gasteiger partial charge in [0.15, 0.2) is 5.65 Å². The lowest BCUT2D eigenvalue weighted by molar-refractivity contribution is -0.384. The number of nitrogens with zero attached hydrogens (tertiary/aromatic N) is 6. The number of halogens is 1. The second-order valence-electron chi connectivity index (χ2n) is 3.97. The third-order valence-corrected chi connectivity index (χ3v) is 3.34. The number of pyridine rings is 2. The maximum Gasteiger partial charge on any atom is 0.359 e. The maximum atomic E-state index is 12.5. The Labute approximate surface area is 120 Å². The molecule has 13 heteroatoms. The van der Waals surface area contributed by atoms with Crippen LogP contribution in [-0.4, -0.2) is 44.4 Å². The van der Waals surface area contributed by atoms with Crippen molar-refractivity contribution in [2.75, 3.05) is 6.01 Å². The zero-order chi connectivity index (χ0) is 15.9. The number of fused-ring (bicyclic) bond motifs is 3. The number of rotatable bonds is 4. The SMILES string of the molecule is O=[N+]([O-])c1c(OS(=O)(=O)CF)c2cccnc2n2nnnc12. The van der Waals surface area contributed by atoms with Gasteiger partial charge in [-0.1, -0.05) is 0 Å². The van der Waals surface area contributed by atoms with Gasteiger partial charge in [0.25, 0.3) is 5.65 Å². The van der Waals surface area contributed by atoms with Crippen LogP contribution in [0, 0.1) is 10.1 Å². The molecule has 0 saturated carbocycles. The minimum Gasteiger partial charge on any atom is -0.372 e. The first-order chi connectivity index (χ1) is 10.4. The van der Waals surface area contributed by atoms with Gasteiger partial charge in [0.2, 0.25) is 11.8 Å². The van der Waals surface area contributed by atoms with Crippen LogP contribution in [0.2, 0.25) is 0 Å². The summed E-state index contributed by atoms with van der Waals surface area (Å²) in [6, 6.07) is 0.874. The Morgan fingerprint density at radius 2 is 2.18 bits per heavy atom. The summed E-state index contributed by atoms with van der Waals surface area (Å²) >= 11 is 0. The predicted octanol–water partition coefficient (Wildman–Crippen LogP) is 0.216. The molecule has 0 aliphatic heterocycles. The topological polar surface area (TPSA) is 142 Å². The van der Waals surface area contributed by atoms with E-state index in [2.05, 4.69) is 24.7 Å². The van der Waals surface area contributed by atoms with Crippen LogP contribution >= 0.6 is 0 Å². The lowest BCUT2D eigenvalue weighted by Gasteiger charge is -2.08. The molecule has 22 heavy (non-hydrogen) atoms. The van der Waals surface area contributed by atoms with Gasteiger partial charge in [-0.3, -0.25) is 10.1 Å². The van der Waals surface area contributed by atoms with E-state index in [-0.39, 0.29) is 16.7 Å². The third-order valence-electron chi connectivity index (χ3n) is 2.65. The first-order valence-electron chi connectivity index (χ1n) is 5.56. The van der Waals surface area contributed by atoms with Crippen molar-refractivity contribution in [3.63, 3.8) is 0 Å². The van der Waals surface area contributed by atoms with E-state index in [9.17, 15) is 22.9 Å². The molecule has 114 valence electrons. The predicted molar refractivity (Wildman–Crippen MR) is 68.3 cm³/mol. The van der Waals surface area contributed by atoms with Crippen LogP contribution in [0.15, 0.2) is 18.3 Å². The Hall–Kier alpha value is -2.96. The first-order valence-corrected chi connectivity index (χ1v) is 7.13. The number of hydrogen-bond acceptors (Lipinski definition) is 9. The monoisotopic (exact) mass is 328 g/mol. The number of tetrazole rings is 1. The molecular weight excluding hydrogens is 323 g/mol. The maximum absolute atomic E-state index is 12.5. The van der Waals surface area contributed by atoms with Crippen LogP contribution in [-0.2, 0) is 10.1 Å². The van der Waals surface area contributed by atoms with Crippen LogP contribution in [0.25, 0.3) is 16.7 Å². The van der Waals surface area contributed by atoms with Gasteiger partial charge < -0.3 is 4.18 Å². The Kier molecular flexibility index (Phi) is 3.05. The third kappa shape index (κ3) is 2.07. The molecule has 0 unspecified atom stereocenters. The molecule has 3 rings (SSSR count). The summed E-state index contributed by atoms with van der Waals surface area (Å²) in [7, 11) is -4.65. The summed E-state index contributed by atoms with van der Waals surface area (Å²) in [4.78, 5) is 14.3. The van der Waals surface area contributed by atoms with Gasteiger partial charge in [-0.05, 0) is 22.6 Å².